The first kappa shape index (κ1) is 16.4. The second-order valence-corrected chi connectivity index (χ2v) is 6.96. The number of methoxy groups -OCH3 is 1. The molecule has 2 N–H and O–H groups in total. The summed E-state index contributed by atoms with van der Waals surface area (Å²) >= 11 is 6.36. The Morgan fingerprint density at radius 3 is 2.70 bits per heavy atom. The van der Waals surface area contributed by atoms with Crippen LogP contribution >= 0.6 is 11.6 Å². The van der Waals surface area contributed by atoms with Crippen LogP contribution in [0.15, 0.2) is 12.1 Å². The Hall–Kier alpha value is -1.42. The zero-order valence-corrected chi connectivity index (χ0v) is 14.4. The third-order valence-corrected chi connectivity index (χ3v) is 5.31. The molecule has 1 aromatic rings. The van der Waals surface area contributed by atoms with E-state index in [1.165, 1.54) is 12.8 Å². The van der Waals surface area contributed by atoms with Gasteiger partial charge in [-0.15, -0.1) is 0 Å². The number of hydrogen-bond acceptors (Lipinski definition) is 3. The van der Waals surface area contributed by atoms with E-state index < -0.39 is 0 Å². The summed E-state index contributed by atoms with van der Waals surface area (Å²) in [6.45, 7) is 0.721. The monoisotopic (exact) mass is 336 g/mol. The predicted octanol–water partition coefficient (Wildman–Crippen LogP) is 4.19. The summed E-state index contributed by atoms with van der Waals surface area (Å²) < 4.78 is 11.7. The molecule has 1 aromatic carbocycles. The summed E-state index contributed by atoms with van der Waals surface area (Å²) in [5.41, 5.74) is 1.04. The number of ether oxygens (including phenoxy) is 2. The van der Waals surface area contributed by atoms with Crippen molar-refractivity contribution in [1.82, 2.24) is 5.32 Å². The molecule has 126 valence electrons. The zero-order chi connectivity index (χ0) is 16.2. The molecule has 0 atom stereocenters. The molecular weight excluding hydrogens is 312 g/mol. The lowest BCUT2D eigenvalue weighted by atomic mass is 9.84. The molecule has 0 aromatic heterocycles. The van der Waals surface area contributed by atoms with Crippen molar-refractivity contribution in [3.8, 4) is 11.5 Å². The van der Waals surface area contributed by atoms with Gasteiger partial charge in [0.2, 0.25) is 0 Å². The van der Waals surface area contributed by atoms with Gasteiger partial charge in [-0.2, -0.15) is 0 Å². The maximum atomic E-state index is 8.05. The van der Waals surface area contributed by atoms with Gasteiger partial charge in [-0.05, 0) is 56.1 Å². The van der Waals surface area contributed by atoms with Gasteiger partial charge in [0.25, 0.3) is 0 Å². The third-order valence-electron chi connectivity index (χ3n) is 4.96. The minimum absolute atomic E-state index is 0.259. The molecule has 0 saturated heterocycles. The highest BCUT2D eigenvalue weighted by atomic mass is 35.5. The zero-order valence-electron chi connectivity index (χ0n) is 13.7. The van der Waals surface area contributed by atoms with E-state index in [1.54, 1.807) is 7.11 Å². The number of nitrogens with one attached hydrogen (secondary N) is 2. The van der Waals surface area contributed by atoms with E-state index in [0.717, 1.165) is 55.9 Å². The van der Waals surface area contributed by atoms with E-state index in [9.17, 15) is 0 Å². The van der Waals surface area contributed by atoms with Crippen LogP contribution in [0.4, 0.5) is 0 Å². The smallest absolute Gasteiger partial charge is 0.162 e. The lowest BCUT2D eigenvalue weighted by molar-refractivity contribution is 0.125. The molecule has 4 bridgehead atoms. The van der Waals surface area contributed by atoms with E-state index in [2.05, 4.69) is 5.32 Å². The highest BCUT2D eigenvalue weighted by molar-refractivity contribution is 6.31. The predicted molar refractivity (Wildman–Crippen MR) is 93.0 cm³/mol. The summed E-state index contributed by atoms with van der Waals surface area (Å²) in [6.07, 6.45) is 7.50. The molecule has 0 radical (unpaired) electrons. The Kier molecular flexibility index (Phi) is 5.31. The quantitative estimate of drug-likeness (QED) is 0.808. The highest BCUT2D eigenvalue weighted by Gasteiger charge is 2.24. The molecule has 0 amide bonds. The van der Waals surface area contributed by atoms with Crippen LogP contribution in [-0.4, -0.2) is 25.6 Å². The lowest BCUT2D eigenvalue weighted by Crippen LogP contribution is -2.28. The van der Waals surface area contributed by atoms with Crippen LogP contribution in [0.3, 0.4) is 0 Å². The van der Waals surface area contributed by atoms with Gasteiger partial charge < -0.3 is 14.8 Å². The van der Waals surface area contributed by atoms with Crippen molar-refractivity contribution < 1.29 is 9.47 Å². The Morgan fingerprint density at radius 1 is 1.17 bits per heavy atom. The fourth-order valence-corrected chi connectivity index (χ4v) is 3.77. The molecule has 5 heteroatoms. The first-order chi connectivity index (χ1) is 11.2. The van der Waals surface area contributed by atoms with Crippen LogP contribution in [0.25, 0.3) is 0 Å². The van der Waals surface area contributed by atoms with Crippen molar-refractivity contribution in [2.45, 2.75) is 51.0 Å². The molecule has 4 nitrogen and oxygen atoms in total. The van der Waals surface area contributed by atoms with E-state index in [4.69, 9.17) is 26.5 Å². The maximum absolute atomic E-state index is 8.05. The van der Waals surface area contributed by atoms with Crippen LogP contribution in [0, 0.1) is 11.3 Å². The van der Waals surface area contributed by atoms with E-state index in [-0.39, 0.29) is 6.10 Å². The van der Waals surface area contributed by atoms with Crippen LogP contribution in [-0.2, 0) is 6.42 Å². The van der Waals surface area contributed by atoms with Crippen LogP contribution < -0.4 is 14.8 Å². The average Bonchev–Trinajstić information content (AvgIpc) is 2.56. The number of halogens is 1. The summed E-state index contributed by atoms with van der Waals surface area (Å²) in [5.74, 6) is 2.86. The van der Waals surface area contributed by atoms with Crippen LogP contribution in [0.2, 0.25) is 5.02 Å². The van der Waals surface area contributed by atoms with Gasteiger partial charge in [0, 0.05) is 24.1 Å². The van der Waals surface area contributed by atoms with Crippen molar-refractivity contribution in [3.63, 3.8) is 0 Å². The fraction of sp³-hybridized carbons (Fsp3) is 0.611. The molecule has 1 fully saturated rings. The van der Waals surface area contributed by atoms with Gasteiger partial charge in [0.05, 0.1) is 19.0 Å². The van der Waals surface area contributed by atoms with E-state index in [0.29, 0.717) is 16.6 Å². The maximum Gasteiger partial charge on any atom is 0.162 e. The van der Waals surface area contributed by atoms with E-state index in [1.807, 2.05) is 12.1 Å². The number of benzene rings is 1. The summed E-state index contributed by atoms with van der Waals surface area (Å²) in [4.78, 5) is 0. The van der Waals surface area contributed by atoms with Gasteiger partial charge in [-0.25, -0.2) is 0 Å². The molecule has 0 spiro atoms. The van der Waals surface area contributed by atoms with Gasteiger partial charge in [-0.1, -0.05) is 11.6 Å². The molecule has 2 aliphatic heterocycles. The summed E-state index contributed by atoms with van der Waals surface area (Å²) in [7, 11) is 1.65. The van der Waals surface area contributed by atoms with Gasteiger partial charge in [0.1, 0.15) is 0 Å². The topological polar surface area (TPSA) is 54.3 Å². The van der Waals surface area contributed by atoms with Gasteiger partial charge in [-0.3, -0.25) is 5.41 Å². The van der Waals surface area contributed by atoms with Crippen LogP contribution in [0.5, 0.6) is 11.5 Å². The molecule has 0 unspecified atom stereocenters. The standard InChI is InChI=1S/C18H25ClN2O2/c1-22-16-11-15(19)13-8-9-21-18(20)7-4-12-2-5-14(6-3-12)23-17(16)10-13/h10-12,14H,2-9H2,1H3,(H2,20,21). The first-order valence-corrected chi connectivity index (χ1v) is 8.88. The average molecular weight is 337 g/mol. The minimum atomic E-state index is 0.259. The van der Waals surface area contributed by atoms with Crippen molar-refractivity contribution in [3.05, 3.63) is 22.7 Å². The fourth-order valence-electron chi connectivity index (χ4n) is 3.52. The third kappa shape index (κ3) is 4.11. The first-order valence-electron chi connectivity index (χ1n) is 8.50. The molecule has 2 heterocycles. The number of hydrogen-bond donors (Lipinski definition) is 2. The number of fused-ring (bicyclic) bond motifs is 7. The Morgan fingerprint density at radius 2 is 1.96 bits per heavy atom. The van der Waals surface area contributed by atoms with Gasteiger partial charge >= 0.3 is 0 Å². The van der Waals surface area contributed by atoms with Crippen molar-refractivity contribution in [2.24, 2.45) is 5.92 Å². The van der Waals surface area contributed by atoms with Crippen LogP contribution in [0.1, 0.15) is 44.1 Å². The Labute approximate surface area is 143 Å². The second-order valence-electron chi connectivity index (χ2n) is 6.55. The van der Waals surface area contributed by atoms with Crippen molar-refractivity contribution in [1.29, 1.82) is 5.41 Å². The minimum Gasteiger partial charge on any atom is -0.493 e. The van der Waals surface area contributed by atoms with Crippen molar-refractivity contribution >= 4 is 17.4 Å². The SMILES string of the molecule is COc1cc(Cl)c2cc1OC1CCC(CCC(=N)NCC2)CC1. The molecule has 4 rings (SSSR count). The van der Waals surface area contributed by atoms with Gasteiger partial charge in [0.15, 0.2) is 11.5 Å². The Balaban J connectivity index is 1.86. The normalized spacial score (nSPS) is 25.2. The number of rotatable bonds is 1. The highest BCUT2D eigenvalue weighted by Crippen LogP contribution is 2.37. The second kappa shape index (κ2) is 7.43. The lowest BCUT2D eigenvalue weighted by Gasteiger charge is -2.30. The molecule has 1 aliphatic carbocycles. The van der Waals surface area contributed by atoms with E-state index >= 15 is 0 Å². The summed E-state index contributed by atoms with van der Waals surface area (Å²) in [5, 5.41) is 12.0. The number of amidine groups is 1. The molecule has 23 heavy (non-hydrogen) atoms. The molecule has 3 aliphatic rings. The van der Waals surface area contributed by atoms with Crippen molar-refractivity contribution in [2.75, 3.05) is 13.7 Å². The molecular formula is C18H25ClN2O2. The summed E-state index contributed by atoms with van der Waals surface area (Å²) in [6, 6.07) is 3.85. The Bertz CT molecular complexity index is 568. The largest absolute Gasteiger partial charge is 0.493 e. The molecule has 1 saturated carbocycles.